The molecule has 1 saturated heterocycles. The highest BCUT2D eigenvalue weighted by Gasteiger charge is 2.34. The van der Waals surface area contributed by atoms with Gasteiger partial charge in [0, 0.05) is 13.1 Å². The Bertz CT molecular complexity index is 417. The van der Waals surface area contributed by atoms with E-state index in [1.54, 1.807) is 11.8 Å². The van der Waals surface area contributed by atoms with Gasteiger partial charge < -0.3 is 10.0 Å². The molecule has 0 aromatic carbocycles. The van der Waals surface area contributed by atoms with Crippen molar-refractivity contribution < 1.29 is 9.90 Å². The maximum atomic E-state index is 12.2. The van der Waals surface area contributed by atoms with Crippen LogP contribution in [0, 0.1) is 6.92 Å². The third kappa shape index (κ3) is 2.31. The van der Waals surface area contributed by atoms with Crippen molar-refractivity contribution in [2.24, 2.45) is 0 Å². The molecule has 0 radical (unpaired) electrons. The van der Waals surface area contributed by atoms with Gasteiger partial charge in [-0.2, -0.15) is 15.4 Å². The number of amides is 1. The Morgan fingerprint density at radius 2 is 2.35 bits per heavy atom. The van der Waals surface area contributed by atoms with E-state index in [9.17, 15) is 9.90 Å². The minimum atomic E-state index is -0.744. The maximum absolute atomic E-state index is 12.2. The number of rotatable bonds is 2. The number of β-amino-alcohol motifs (C(OH)–C–C–N with tert-alkyl or cyclic N) is 1. The van der Waals surface area contributed by atoms with Crippen LogP contribution < -0.4 is 0 Å². The molecular formula is C11H18N4O2. The molecule has 0 aliphatic carbocycles. The van der Waals surface area contributed by atoms with Crippen molar-refractivity contribution in [1.29, 1.82) is 0 Å². The Kier molecular flexibility index (Phi) is 3.15. The highest BCUT2D eigenvalue weighted by molar-refractivity contribution is 5.93. The quantitative estimate of drug-likeness (QED) is 0.785. The number of aryl methyl sites for hydroxylation is 1. The topological polar surface area (TPSA) is 82.1 Å². The summed E-state index contributed by atoms with van der Waals surface area (Å²) < 4.78 is 0. The second-order valence-corrected chi connectivity index (χ2v) is 4.67. The van der Waals surface area contributed by atoms with E-state index < -0.39 is 5.60 Å². The highest BCUT2D eigenvalue weighted by atomic mass is 16.3. The fraction of sp³-hybridized carbons (Fsp3) is 0.727. The molecule has 1 aromatic heterocycles. The van der Waals surface area contributed by atoms with Crippen molar-refractivity contribution in [3.05, 3.63) is 11.4 Å². The molecule has 1 aliphatic rings. The number of hydrogen-bond acceptors (Lipinski definition) is 4. The molecule has 1 atom stereocenters. The SMILES string of the molecule is CCC1(O)CCCN(C(=O)c2n[nH]nc2C)C1. The van der Waals surface area contributed by atoms with E-state index in [1.807, 2.05) is 6.92 Å². The largest absolute Gasteiger partial charge is 0.388 e. The van der Waals surface area contributed by atoms with Crippen molar-refractivity contribution >= 4 is 5.91 Å². The zero-order chi connectivity index (χ0) is 12.5. The number of aliphatic hydroxyl groups is 1. The predicted molar refractivity (Wildman–Crippen MR) is 61.5 cm³/mol. The smallest absolute Gasteiger partial charge is 0.276 e. The van der Waals surface area contributed by atoms with Crippen LogP contribution in [0.15, 0.2) is 0 Å². The van der Waals surface area contributed by atoms with Gasteiger partial charge in [-0.1, -0.05) is 6.92 Å². The zero-order valence-electron chi connectivity index (χ0n) is 10.2. The average molecular weight is 238 g/mol. The average Bonchev–Trinajstić information content (AvgIpc) is 2.75. The van der Waals surface area contributed by atoms with Crippen LogP contribution in [0.25, 0.3) is 0 Å². The van der Waals surface area contributed by atoms with Gasteiger partial charge in [-0.3, -0.25) is 4.79 Å². The molecule has 0 saturated carbocycles. The summed E-state index contributed by atoms with van der Waals surface area (Å²) in [6, 6.07) is 0. The first-order valence-corrected chi connectivity index (χ1v) is 5.95. The van der Waals surface area contributed by atoms with Gasteiger partial charge in [0.15, 0.2) is 5.69 Å². The van der Waals surface area contributed by atoms with Crippen molar-refractivity contribution in [1.82, 2.24) is 20.3 Å². The summed E-state index contributed by atoms with van der Waals surface area (Å²) in [6.45, 7) is 4.74. The van der Waals surface area contributed by atoms with Gasteiger partial charge in [0.2, 0.25) is 0 Å². The number of carbonyl (C=O) groups is 1. The number of likely N-dealkylation sites (tertiary alicyclic amines) is 1. The van der Waals surface area contributed by atoms with Crippen LogP contribution in [0.4, 0.5) is 0 Å². The van der Waals surface area contributed by atoms with E-state index in [4.69, 9.17) is 0 Å². The third-order valence-electron chi connectivity index (χ3n) is 3.43. The summed E-state index contributed by atoms with van der Waals surface area (Å²) in [6.07, 6.45) is 2.24. The van der Waals surface area contributed by atoms with Crippen LogP contribution in [-0.4, -0.2) is 50.0 Å². The number of carbonyl (C=O) groups excluding carboxylic acids is 1. The Balaban J connectivity index is 2.13. The van der Waals surface area contributed by atoms with E-state index >= 15 is 0 Å². The van der Waals surface area contributed by atoms with Crippen molar-refractivity contribution in [2.45, 2.75) is 38.7 Å². The first-order valence-electron chi connectivity index (χ1n) is 5.95. The molecule has 6 heteroatoms. The van der Waals surface area contributed by atoms with Gasteiger partial charge >= 0.3 is 0 Å². The lowest BCUT2D eigenvalue weighted by molar-refractivity contribution is -0.0271. The van der Waals surface area contributed by atoms with Crippen molar-refractivity contribution in [2.75, 3.05) is 13.1 Å². The number of aromatic amines is 1. The van der Waals surface area contributed by atoms with Crippen LogP contribution >= 0.6 is 0 Å². The minimum Gasteiger partial charge on any atom is -0.388 e. The van der Waals surface area contributed by atoms with Crippen LogP contribution in [0.1, 0.15) is 42.4 Å². The van der Waals surface area contributed by atoms with Gasteiger partial charge in [-0.05, 0) is 26.2 Å². The van der Waals surface area contributed by atoms with Crippen LogP contribution in [0.5, 0.6) is 0 Å². The Morgan fingerprint density at radius 3 is 2.94 bits per heavy atom. The number of nitrogens with zero attached hydrogens (tertiary/aromatic N) is 3. The lowest BCUT2D eigenvalue weighted by atomic mass is 9.90. The predicted octanol–water partition coefficient (Wildman–Crippen LogP) is 0.490. The number of aromatic nitrogens is 3. The summed E-state index contributed by atoms with van der Waals surface area (Å²) in [7, 11) is 0. The zero-order valence-corrected chi connectivity index (χ0v) is 10.2. The molecule has 0 bridgehead atoms. The molecule has 17 heavy (non-hydrogen) atoms. The molecule has 6 nitrogen and oxygen atoms in total. The fourth-order valence-corrected chi connectivity index (χ4v) is 2.21. The normalized spacial score (nSPS) is 25.0. The van der Waals surface area contributed by atoms with Gasteiger partial charge in [0.1, 0.15) is 0 Å². The van der Waals surface area contributed by atoms with E-state index in [-0.39, 0.29) is 5.91 Å². The van der Waals surface area contributed by atoms with E-state index in [2.05, 4.69) is 15.4 Å². The molecule has 1 fully saturated rings. The van der Waals surface area contributed by atoms with Gasteiger partial charge in [0.25, 0.3) is 5.91 Å². The molecule has 1 amide bonds. The lowest BCUT2D eigenvalue weighted by Gasteiger charge is -2.38. The molecule has 2 N–H and O–H groups in total. The number of H-pyrrole nitrogens is 1. The molecular weight excluding hydrogens is 220 g/mol. The molecule has 0 spiro atoms. The monoisotopic (exact) mass is 238 g/mol. The Morgan fingerprint density at radius 1 is 1.59 bits per heavy atom. The number of nitrogens with one attached hydrogen (secondary N) is 1. The number of hydrogen-bond donors (Lipinski definition) is 2. The Labute approximate surface area is 100 Å². The second kappa shape index (κ2) is 4.44. The summed E-state index contributed by atoms with van der Waals surface area (Å²) >= 11 is 0. The van der Waals surface area contributed by atoms with Gasteiger partial charge in [-0.15, -0.1) is 0 Å². The van der Waals surface area contributed by atoms with E-state index in [1.165, 1.54) is 0 Å². The van der Waals surface area contributed by atoms with Crippen LogP contribution in [-0.2, 0) is 0 Å². The fourth-order valence-electron chi connectivity index (χ4n) is 2.21. The summed E-state index contributed by atoms with van der Waals surface area (Å²) in [5.41, 5.74) is 0.205. The van der Waals surface area contributed by atoms with Crippen molar-refractivity contribution in [3.8, 4) is 0 Å². The molecule has 1 unspecified atom stereocenters. The summed E-state index contributed by atoms with van der Waals surface area (Å²) in [4.78, 5) is 13.8. The van der Waals surface area contributed by atoms with Crippen molar-refractivity contribution in [3.63, 3.8) is 0 Å². The third-order valence-corrected chi connectivity index (χ3v) is 3.43. The molecule has 1 aromatic rings. The standard InChI is InChI=1S/C11H18N4O2/c1-3-11(17)5-4-6-15(7-11)10(16)9-8(2)12-14-13-9/h17H,3-7H2,1-2H3,(H,12,13,14). The molecule has 94 valence electrons. The van der Waals surface area contributed by atoms with Crippen LogP contribution in [0.2, 0.25) is 0 Å². The summed E-state index contributed by atoms with van der Waals surface area (Å²) in [5, 5.41) is 20.4. The Hall–Kier alpha value is -1.43. The lowest BCUT2D eigenvalue weighted by Crippen LogP contribution is -2.50. The first kappa shape index (κ1) is 12.0. The van der Waals surface area contributed by atoms with Crippen LogP contribution in [0.3, 0.4) is 0 Å². The highest BCUT2D eigenvalue weighted by Crippen LogP contribution is 2.25. The molecule has 1 aliphatic heterocycles. The molecule has 2 rings (SSSR count). The second-order valence-electron chi connectivity index (χ2n) is 4.67. The summed E-state index contributed by atoms with van der Waals surface area (Å²) in [5.74, 6) is -0.150. The first-order chi connectivity index (χ1) is 8.06. The minimum absolute atomic E-state index is 0.150. The maximum Gasteiger partial charge on any atom is 0.276 e. The molecule has 2 heterocycles. The van der Waals surface area contributed by atoms with Gasteiger partial charge in [-0.25, -0.2) is 0 Å². The van der Waals surface area contributed by atoms with E-state index in [0.717, 1.165) is 12.8 Å². The number of piperidine rings is 1. The van der Waals surface area contributed by atoms with Gasteiger partial charge in [0.05, 0.1) is 11.3 Å². The van der Waals surface area contributed by atoms with E-state index in [0.29, 0.717) is 30.9 Å².